The quantitative estimate of drug-likeness (QED) is 0.127. The molecule has 5 aromatic rings. The smallest absolute Gasteiger partial charge is 0.248 e. The number of halogens is 1. The van der Waals surface area contributed by atoms with Crippen molar-refractivity contribution >= 4 is 67.7 Å². The molecular formula is C32H24BrN3O2S2. The van der Waals surface area contributed by atoms with Crippen LogP contribution in [0, 0.1) is 0 Å². The van der Waals surface area contributed by atoms with Gasteiger partial charge in [0.2, 0.25) is 11.8 Å². The zero-order chi connectivity index (χ0) is 27.7. The number of anilines is 2. The van der Waals surface area contributed by atoms with Crippen LogP contribution in [0.3, 0.4) is 0 Å². The van der Waals surface area contributed by atoms with E-state index in [4.69, 9.17) is 0 Å². The highest BCUT2D eigenvalue weighted by atomic mass is 79.9. The van der Waals surface area contributed by atoms with Gasteiger partial charge in [0.15, 0.2) is 5.13 Å². The van der Waals surface area contributed by atoms with Gasteiger partial charge in [0.1, 0.15) is 5.25 Å². The molecule has 0 fully saturated rings. The number of carbonyl (C=O) groups is 2. The Morgan fingerprint density at radius 3 is 2.20 bits per heavy atom. The van der Waals surface area contributed by atoms with Crippen molar-refractivity contribution in [2.45, 2.75) is 10.1 Å². The number of rotatable bonds is 9. The Labute approximate surface area is 249 Å². The first-order valence-electron chi connectivity index (χ1n) is 12.4. The number of amides is 2. The Hall–Kier alpha value is -3.98. The lowest BCUT2D eigenvalue weighted by atomic mass is 10.1. The number of carbonyl (C=O) groups excluding carboxylic acids is 2. The van der Waals surface area contributed by atoms with Crippen molar-refractivity contribution in [1.29, 1.82) is 0 Å². The molecule has 4 aromatic carbocycles. The first-order valence-corrected chi connectivity index (χ1v) is 15.0. The summed E-state index contributed by atoms with van der Waals surface area (Å²) in [6, 6.07) is 34.7. The maximum absolute atomic E-state index is 13.5. The van der Waals surface area contributed by atoms with E-state index in [1.165, 1.54) is 29.2 Å². The van der Waals surface area contributed by atoms with Crippen LogP contribution in [0.1, 0.15) is 16.4 Å². The topological polar surface area (TPSA) is 71.1 Å². The summed E-state index contributed by atoms with van der Waals surface area (Å²) < 4.78 is 0.998. The summed E-state index contributed by atoms with van der Waals surface area (Å²) in [7, 11) is 0. The number of thiazole rings is 1. The number of thioether (sulfide) groups is 1. The molecule has 0 aliphatic carbocycles. The van der Waals surface area contributed by atoms with Crippen molar-refractivity contribution < 1.29 is 9.59 Å². The lowest BCUT2D eigenvalue weighted by Gasteiger charge is -2.16. The Bertz CT molecular complexity index is 1600. The van der Waals surface area contributed by atoms with Crippen LogP contribution in [0.15, 0.2) is 130 Å². The number of aromatic nitrogens is 1. The van der Waals surface area contributed by atoms with Crippen LogP contribution in [0.5, 0.6) is 0 Å². The van der Waals surface area contributed by atoms with Crippen LogP contribution >= 0.6 is 39.0 Å². The standard InChI is InChI=1S/C32H24BrN3O2S2/c33-25-14-12-23(13-15-25)28-21-39-32(35-28)36-31(38)30(24-9-5-2-6-10-24)40-27-18-16-26(17-19-27)34-29(37)20-11-22-7-3-1-4-8-22/h1-21,30H,(H,34,37)(H,35,36,38)/b20-11+. The van der Waals surface area contributed by atoms with E-state index in [-0.39, 0.29) is 11.8 Å². The van der Waals surface area contributed by atoms with Crippen molar-refractivity contribution in [3.63, 3.8) is 0 Å². The second-order valence-electron chi connectivity index (χ2n) is 8.70. The Balaban J connectivity index is 1.26. The summed E-state index contributed by atoms with van der Waals surface area (Å²) in [5, 5.41) is 7.87. The molecule has 1 atom stereocenters. The number of benzene rings is 4. The van der Waals surface area contributed by atoms with Gasteiger partial charge in [0, 0.05) is 32.1 Å². The third-order valence-electron chi connectivity index (χ3n) is 5.82. The van der Waals surface area contributed by atoms with E-state index in [2.05, 4.69) is 31.5 Å². The molecule has 0 bridgehead atoms. The molecule has 2 amide bonds. The van der Waals surface area contributed by atoms with Gasteiger partial charge in [-0.2, -0.15) is 0 Å². The van der Waals surface area contributed by atoms with E-state index in [1.807, 2.05) is 115 Å². The minimum atomic E-state index is -0.490. The fourth-order valence-electron chi connectivity index (χ4n) is 3.83. The molecule has 198 valence electrons. The second kappa shape index (κ2) is 13.4. The Morgan fingerprint density at radius 2 is 1.50 bits per heavy atom. The third-order valence-corrected chi connectivity index (χ3v) is 8.37. The average molecular weight is 627 g/mol. The van der Waals surface area contributed by atoms with E-state index >= 15 is 0 Å². The molecule has 0 aliphatic heterocycles. The monoisotopic (exact) mass is 625 g/mol. The van der Waals surface area contributed by atoms with Crippen molar-refractivity contribution in [3.05, 3.63) is 136 Å². The lowest BCUT2D eigenvalue weighted by molar-refractivity contribution is -0.116. The van der Waals surface area contributed by atoms with Gasteiger partial charge in [-0.25, -0.2) is 4.98 Å². The fraction of sp³-hybridized carbons (Fsp3) is 0.0312. The molecule has 8 heteroatoms. The zero-order valence-electron chi connectivity index (χ0n) is 21.2. The van der Waals surface area contributed by atoms with E-state index in [0.717, 1.165) is 31.8 Å². The van der Waals surface area contributed by atoms with Gasteiger partial charge in [-0.05, 0) is 53.6 Å². The molecule has 0 radical (unpaired) electrons. The Kier molecular flexibility index (Phi) is 9.23. The first kappa shape index (κ1) is 27.6. The summed E-state index contributed by atoms with van der Waals surface area (Å²) >= 11 is 6.29. The second-order valence-corrected chi connectivity index (χ2v) is 11.7. The number of hydrogen-bond donors (Lipinski definition) is 2. The molecule has 5 nitrogen and oxygen atoms in total. The highest BCUT2D eigenvalue weighted by Gasteiger charge is 2.23. The van der Waals surface area contributed by atoms with Gasteiger partial charge in [-0.15, -0.1) is 23.1 Å². The highest BCUT2D eigenvalue weighted by Crippen LogP contribution is 2.37. The Morgan fingerprint density at radius 1 is 0.825 bits per heavy atom. The van der Waals surface area contributed by atoms with Gasteiger partial charge in [0.05, 0.1) is 5.69 Å². The van der Waals surface area contributed by atoms with Crippen LogP contribution in [0.2, 0.25) is 0 Å². The normalized spacial score (nSPS) is 11.7. The van der Waals surface area contributed by atoms with E-state index in [1.54, 1.807) is 6.08 Å². The van der Waals surface area contributed by atoms with E-state index in [9.17, 15) is 9.59 Å². The maximum atomic E-state index is 13.5. The predicted molar refractivity (Wildman–Crippen MR) is 169 cm³/mol. The highest BCUT2D eigenvalue weighted by molar-refractivity contribution is 9.10. The molecule has 1 aromatic heterocycles. The van der Waals surface area contributed by atoms with Crippen molar-refractivity contribution in [2.24, 2.45) is 0 Å². The summed E-state index contributed by atoms with van der Waals surface area (Å²) in [5.74, 6) is -0.368. The molecule has 1 heterocycles. The SMILES string of the molecule is O=C(/C=C/c1ccccc1)Nc1ccc(SC(C(=O)Nc2nc(-c3ccc(Br)cc3)cs2)c2ccccc2)cc1. The molecule has 0 aliphatic rings. The van der Waals surface area contributed by atoms with Gasteiger partial charge in [-0.1, -0.05) is 88.7 Å². The molecule has 5 rings (SSSR count). The minimum absolute atomic E-state index is 0.156. The lowest BCUT2D eigenvalue weighted by Crippen LogP contribution is -2.19. The summed E-state index contributed by atoms with van der Waals surface area (Å²) in [6.07, 6.45) is 3.28. The van der Waals surface area contributed by atoms with Gasteiger partial charge >= 0.3 is 0 Å². The largest absolute Gasteiger partial charge is 0.323 e. The van der Waals surface area contributed by atoms with Crippen molar-refractivity contribution in [3.8, 4) is 11.3 Å². The number of nitrogens with one attached hydrogen (secondary N) is 2. The average Bonchev–Trinajstić information content (AvgIpc) is 3.45. The van der Waals surface area contributed by atoms with Gasteiger partial charge < -0.3 is 10.6 Å². The van der Waals surface area contributed by atoms with E-state index in [0.29, 0.717) is 10.8 Å². The van der Waals surface area contributed by atoms with Crippen LogP contribution in [-0.4, -0.2) is 16.8 Å². The fourth-order valence-corrected chi connectivity index (χ4v) is 5.84. The van der Waals surface area contributed by atoms with Crippen molar-refractivity contribution in [2.75, 3.05) is 10.6 Å². The van der Waals surface area contributed by atoms with Crippen LogP contribution in [0.25, 0.3) is 17.3 Å². The van der Waals surface area contributed by atoms with E-state index < -0.39 is 5.25 Å². The summed E-state index contributed by atoms with van der Waals surface area (Å²) in [5.41, 5.74) is 4.32. The first-order chi connectivity index (χ1) is 19.5. The minimum Gasteiger partial charge on any atom is -0.323 e. The molecule has 2 N–H and O–H groups in total. The van der Waals surface area contributed by atoms with Crippen LogP contribution < -0.4 is 10.6 Å². The molecular weight excluding hydrogens is 602 g/mol. The van der Waals surface area contributed by atoms with Gasteiger partial charge in [0.25, 0.3) is 0 Å². The van der Waals surface area contributed by atoms with Crippen molar-refractivity contribution in [1.82, 2.24) is 4.98 Å². The molecule has 0 saturated heterocycles. The van der Waals surface area contributed by atoms with Gasteiger partial charge in [-0.3, -0.25) is 9.59 Å². The zero-order valence-corrected chi connectivity index (χ0v) is 24.4. The summed E-state index contributed by atoms with van der Waals surface area (Å²) in [6.45, 7) is 0. The molecule has 40 heavy (non-hydrogen) atoms. The number of nitrogens with zero attached hydrogens (tertiary/aromatic N) is 1. The maximum Gasteiger partial charge on any atom is 0.248 e. The number of hydrogen-bond acceptors (Lipinski definition) is 5. The van der Waals surface area contributed by atoms with Crippen LogP contribution in [-0.2, 0) is 9.59 Å². The predicted octanol–water partition coefficient (Wildman–Crippen LogP) is 8.70. The summed E-state index contributed by atoms with van der Waals surface area (Å²) in [4.78, 5) is 31.3. The molecule has 1 unspecified atom stereocenters. The van der Waals surface area contributed by atoms with Crippen LogP contribution in [0.4, 0.5) is 10.8 Å². The molecule has 0 saturated carbocycles. The molecule has 0 spiro atoms. The third kappa shape index (κ3) is 7.57.